The Hall–Kier alpha value is -2.31. The van der Waals surface area contributed by atoms with E-state index in [-0.39, 0.29) is 30.5 Å². The van der Waals surface area contributed by atoms with Crippen LogP contribution in [0.5, 0.6) is 0 Å². The van der Waals surface area contributed by atoms with Crippen molar-refractivity contribution in [1.82, 2.24) is 9.80 Å². The highest BCUT2D eigenvalue weighted by atomic mass is 35.5. The van der Waals surface area contributed by atoms with Gasteiger partial charge in [-0.1, -0.05) is 30.7 Å². The second-order valence-corrected chi connectivity index (χ2v) is 8.07. The van der Waals surface area contributed by atoms with Crippen LogP contribution >= 0.6 is 11.6 Å². The topological polar surface area (TPSA) is 63.0 Å². The summed E-state index contributed by atoms with van der Waals surface area (Å²) in [5, 5.41) is 0.384. The average Bonchev–Trinajstić information content (AvgIpc) is 3.45. The van der Waals surface area contributed by atoms with Crippen molar-refractivity contribution in [3.63, 3.8) is 0 Å². The minimum Gasteiger partial charge on any atom is -0.467 e. The van der Waals surface area contributed by atoms with E-state index in [1.807, 2.05) is 19.9 Å². The summed E-state index contributed by atoms with van der Waals surface area (Å²) in [4.78, 5) is 29.9. The molecule has 1 saturated heterocycles. The molecule has 6 nitrogen and oxygen atoms in total. The van der Waals surface area contributed by atoms with Crippen molar-refractivity contribution in [3.8, 4) is 0 Å². The maximum atomic E-state index is 13.3. The Labute approximate surface area is 182 Å². The van der Waals surface area contributed by atoms with Gasteiger partial charge in [-0.2, -0.15) is 0 Å². The van der Waals surface area contributed by atoms with E-state index in [0.717, 1.165) is 25.9 Å². The standard InChI is InChI=1S/C23H29ClN2O4/c1-3-17(2)26(23(28)20-10-4-5-11-21(20)24)16-22(27)25(14-18-8-6-12-29-18)15-19-9-7-13-30-19/h4-6,8,10-12,17,19H,3,7,9,13-16H2,1-2H3. The van der Waals surface area contributed by atoms with Gasteiger partial charge in [-0.15, -0.1) is 0 Å². The normalized spacial score (nSPS) is 17.0. The lowest BCUT2D eigenvalue weighted by atomic mass is 10.1. The van der Waals surface area contributed by atoms with Crippen molar-refractivity contribution in [2.24, 2.45) is 0 Å². The molecule has 2 aromatic rings. The van der Waals surface area contributed by atoms with Crippen LogP contribution in [0.15, 0.2) is 47.1 Å². The Balaban J connectivity index is 1.78. The molecule has 1 fully saturated rings. The van der Waals surface area contributed by atoms with E-state index in [1.165, 1.54) is 0 Å². The molecule has 1 aliphatic heterocycles. The quantitative estimate of drug-likeness (QED) is 0.589. The summed E-state index contributed by atoms with van der Waals surface area (Å²) in [5.41, 5.74) is 0.406. The van der Waals surface area contributed by atoms with Crippen LogP contribution in [0.1, 0.15) is 49.2 Å². The smallest absolute Gasteiger partial charge is 0.256 e. The van der Waals surface area contributed by atoms with Crippen LogP contribution in [0, 0.1) is 0 Å². The highest BCUT2D eigenvalue weighted by Crippen LogP contribution is 2.20. The molecule has 2 amide bonds. The summed E-state index contributed by atoms with van der Waals surface area (Å²) in [6.07, 6.45) is 4.26. The number of furan rings is 1. The Morgan fingerprint density at radius 2 is 2.03 bits per heavy atom. The minimum absolute atomic E-state index is 0.0141. The molecule has 162 valence electrons. The summed E-state index contributed by atoms with van der Waals surface area (Å²) >= 11 is 6.25. The third kappa shape index (κ3) is 5.64. The fourth-order valence-electron chi connectivity index (χ4n) is 3.56. The fourth-order valence-corrected chi connectivity index (χ4v) is 3.78. The molecule has 0 bridgehead atoms. The summed E-state index contributed by atoms with van der Waals surface area (Å²) in [6.45, 7) is 5.46. The van der Waals surface area contributed by atoms with Crippen LogP contribution in [0.3, 0.4) is 0 Å². The van der Waals surface area contributed by atoms with Gasteiger partial charge < -0.3 is 19.0 Å². The first kappa shape index (κ1) is 22.4. The molecule has 0 aliphatic carbocycles. The number of amides is 2. The van der Waals surface area contributed by atoms with Crippen molar-refractivity contribution < 1.29 is 18.7 Å². The number of benzene rings is 1. The zero-order valence-electron chi connectivity index (χ0n) is 17.6. The molecular weight excluding hydrogens is 404 g/mol. The van der Waals surface area contributed by atoms with Gasteiger partial charge in [0.05, 0.1) is 29.5 Å². The van der Waals surface area contributed by atoms with Crippen LogP contribution in [0.2, 0.25) is 5.02 Å². The summed E-state index contributed by atoms with van der Waals surface area (Å²) in [6, 6.07) is 10.5. The SMILES string of the molecule is CCC(C)N(CC(=O)N(Cc1ccco1)CC1CCCO1)C(=O)c1ccccc1Cl. The van der Waals surface area contributed by atoms with E-state index in [9.17, 15) is 9.59 Å². The molecule has 2 atom stereocenters. The van der Waals surface area contributed by atoms with Gasteiger partial charge in [0.1, 0.15) is 12.3 Å². The van der Waals surface area contributed by atoms with Crippen LogP contribution in [-0.2, 0) is 16.1 Å². The van der Waals surface area contributed by atoms with E-state index in [2.05, 4.69) is 0 Å². The monoisotopic (exact) mass is 432 g/mol. The lowest BCUT2D eigenvalue weighted by Gasteiger charge is -2.32. The van der Waals surface area contributed by atoms with Crippen molar-refractivity contribution in [2.45, 2.75) is 51.8 Å². The van der Waals surface area contributed by atoms with Gasteiger partial charge in [0, 0.05) is 19.2 Å². The first-order chi connectivity index (χ1) is 14.5. The van der Waals surface area contributed by atoms with Gasteiger partial charge in [0.2, 0.25) is 5.91 Å². The Morgan fingerprint density at radius 1 is 1.23 bits per heavy atom. The molecule has 0 spiro atoms. The summed E-state index contributed by atoms with van der Waals surface area (Å²) in [5.74, 6) is 0.329. The molecule has 3 rings (SSSR count). The zero-order chi connectivity index (χ0) is 21.5. The zero-order valence-corrected chi connectivity index (χ0v) is 18.3. The number of hydrogen-bond donors (Lipinski definition) is 0. The first-order valence-corrected chi connectivity index (χ1v) is 10.8. The maximum absolute atomic E-state index is 13.3. The molecule has 0 radical (unpaired) electrons. The summed E-state index contributed by atoms with van der Waals surface area (Å²) in [7, 11) is 0. The number of ether oxygens (including phenoxy) is 1. The van der Waals surface area contributed by atoms with Crippen LogP contribution < -0.4 is 0 Å². The average molecular weight is 433 g/mol. The van der Waals surface area contributed by atoms with Crippen LogP contribution in [0.25, 0.3) is 0 Å². The Morgan fingerprint density at radius 3 is 2.67 bits per heavy atom. The third-order valence-corrected chi connectivity index (χ3v) is 5.85. The fraction of sp³-hybridized carbons (Fsp3) is 0.478. The van der Waals surface area contributed by atoms with E-state index in [4.69, 9.17) is 20.8 Å². The molecular formula is C23H29ClN2O4. The van der Waals surface area contributed by atoms with E-state index in [1.54, 1.807) is 46.4 Å². The number of hydrogen-bond acceptors (Lipinski definition) is 4. The molecule has 30 heavy (non-hydrogen) atoms. The molecule has 7 heteroatoms. The van der Waals surface area contributed by atoms with E-state index in [0.29, 0.717) is 29.4 Å². The highest BCUT2D eigenvalue weighted by Gasteiger charge is 2.29. The molecule has 0 saturated carbocycles. The maximum Gasteiger partial charge on any atom is 0.256 e. The number of carbonyl (C=O) groups excluding carboxylic acids is 2. The van der Waals surface area contributed by atoms with Crippen molar-refractivity contribution in [2.75, 3.05) is 19.7 Å². The Bertz CT molecular complexity index is 833. The largest absolute Gasteiger partial charge is 0.467 e. The predicted molar refractivity (Wildman–Crippen MR) is 115 cm³/mol. The van der Waals surface area contributed by atoms with Crippen molar-refractivity contribution >= 4 is 23.4 Å². The molecule has 1 aliphatic rings. The van der Waals surface area contributed by atoms with Gasteiger partial charge in [-0.3, -0.25) is 9.59 Å². The van der Waals surface area contributed by atoms with E-state index >= 15 is 0 Å². The van der Waals surface area contributed by atoms with Gasteiger partial charge in [-0.25, -0.2) is 0 Å². The van der Waals surface area contributed by atoms with E-state index < -0.39 is 0 Å². The van der Waals surface area contributed by atoms with Crippen LogP contribution in [-0.4, -0.2) is 53.5 Å². The third-order valence-electron chi connectivity index (χ3n) is 5.52. The van der Waals surface area contributed by atoms with Gasteiger partial charge in [0.25, 0.3) is 5.91 Å². The molecule has 2 heterocycles. The number of halogens is 1. The van der Waals surface area contributed by atoms with Crippen LogP contribution in [0.4, 0.5) is 0 Å². The number of nitrogens with zero attached hydrogens (tertiary/aromatic N) is 2. The second-order valence-electron chi connectivity index (χ2n) is 7.66. The van der Waals surface area contributed by atoms with Crippen molar-refractivity contribution in [1.29, 1.82) is 0 Å². The lowest BCUT2D eigenvalue weighted by molar-refractivity contribution is -0.134. The number of carbonyl (C=O) groups is 2. The Kier molecular flexibility index (Phi) is 7.94. The molecule has 0 N–H and O–H groups in total. The van der Waals surface area contributed by atoms with Crippen molar-refractivity contribution in [3.05, 3.63) is 59.0 Å². The van der Waals surface area contributed by atoms with Gasteiger partial charge >= 0.3 is 0 Å². The lowest BCUT2D eigenvalue weighted by Crippen LogP contribution is -2.48. The predicted octanol–water partition coefficient (Wildman–Crippen LogP) is 4.38. The first-order valence-electron chi connectivity index (χ1n) is 10.5. The van der Waals surface area contributed by atoms with Gasteiger partial charge in [-0.05, 0) is 50.5 Å². The molecule has 1 aromatic heterocycles. The summed E-state index contributed by atoms with van der Waals surface area (Å²) < 4.78 is 11.2. The molecule has 2 unspecified atom stereocenters. The molecule has 1 aromatic carbocycles. The van der Waals surface area contributed by atoms with Gasteiger partial charge in [0.15, 0.2) is 0 Å². The second kappa shape index (κ2) is 10.6. The number of rotatable bonds is 9. The minimum atomic E-state index is -0.238. The highest BCUT2D eigenvalue weighted by molar-refractivity contribution is 6.33.